The van der Waals surface area contributed by atoms with Crippen LogP contribution in [0.25, 0.3) is 0 Å². The molecule has 0 aromatic rings. The Labute approximate surface area is 183 Å². The fourth-order valence-electron chi connectivity index (χ4n) is 3.40. The van der Waals surface area contributed by atoms with E-state index in [1.807, 2.05) is 0 Å². The average Bonchev–Trinajstić information content (AvgIpc) is 3.47. The topological polar surface area (TPSA) is 0 Å². The van der Waals surface area contributed by atoms with Crippen molar-refractivity contribution >= 4 is 58.8 Å². The van der Waals surface area contributed by atoms with E-state index in [4.69, 9.17) is 0 Å². The normalized spacial score (nSPS) is 32.5. The van der Waals surface area contributed by atoms with E-state index in [1.165, 1.54) is 91.6 Å². The number of rotatable bonds is 13. The van der Waals surface area contributed by atoms with Crippen LogP contribution in [0.15, 0.2) is 0 Å². The Morgan fingerprint density at radius 1 is 0.615 bits per heavy atom. The van der Waals surface area contributed by atoms with Gasteiger partial charge < -0.3 is 0 Å². The fraction of sp³-hybridized carbons (Fsp3) is 1.00. The van der Waals surface area contributed by atoms with Gasteiger partial charge in [-0.3, -0.25) is 0 Å². The summed E-state index contributed by atoms with van der Waals surface area (Å²) in [6.45, 7) is 0. The van der Waals surface area contributed by atoms with Crippen LogP contribution in [-0.2, 0) is 0 Å². The van der Waals surface area contributed by atoms with E-state index in [2.05, 4.69) is 58.8 Å². The highest BCUT2D eigenvalue weighted by molar-refractivity contribution is 8.06. The molecule has 0 N–H and O–H groups in total. The molecule has 1 saturated heterocycles. The molecule has 0 aromatic carbocycles. The van der Waals surface area contributed by atoms with Gasteiger partial charge in [-0.25, -0.2) is 0 Å². The molecule has 0 amide bonds. The van der Waals surface area contributed by atoms with Crippen LogP contribution in [0, 0.1) is 17.8 Å². The second-order valence-electron chi connectivity index (χ2n) is 8.84. The SMILES string of the molecule is C(CC1CSC(CSCC2CC2)CC(CSCC2CC2)S1)SCC1CC1. The zero-order chi connectivity index (χ0) is 17.6. The van der Waals surface area contributed by atoms with Gasteiger partial charge in [-0.1, -0.05) is 0 Å². The Morgan fingerprint density at radius 3 is 1.81 bits per heavy atom. The summed E-state index contributed by atoms with van der Waals surface area (Å²) in [5, 5.41) is 2.79. The van der Waals surface area contributed by atoms with Crippen LogP contribution in [0.2, 0.25) is 0 Å². The van der Waals surface area contributed by atoms with E-state index < -0.39 is 0 Å². The molecule has 0 bridgehead atoms. The highest BCUT2D eigenvalue weighted by Gasteiger charge is 2.29. The Kier molecular flexibility index (Phi) is 9.07. The monoisotopic (exact) mass is 448 g/mol. The first-order chi connectivity index (χ1) is 12.8. The Balaban J connectivity index is 1.18. The minimum atomic E-state index is 0.927. The van der Waals surface area contributed by atoms with Crippen molar-refractivity contribution in [1.82, 2.24) is 0 Å². The molecule has 0 spiro atoms. The minimum absolute atomic E-state index is 0.927. The van der Waals surface area contributed by atoms with Crippen molar-refractivity contribution in [3.8, 4) is 0 Å². The van der Waals surface area contributed by atoms with Crippen LogP contribution in [0.4, 0.5) is 0 Å². The molecular formula is C21H36S5. The van der Waals surface area contributed by atoms with Crippen LogP contribution in [0.1, 0.15) is 51.4 Å². The molecule has 0 radical (unpaired) electrons. The summed E-state index contributed by atoms with van der Waals surface area (Å²) < 4.78 is 0. The second-order valence-corrected chi connectivity index (χ2v) is 15.1. The van der Waals surface area contributed by atoms with Crippen molar-refractivity contribution in [2.45, 2.75) is 67.1 Å². The maximum Gasteiger partial charge on any atom is 0.0152 e. The third-order valence-corrected chi connectivity index (χ3v) is 13.3. The Bertz CT molecular complexity index is 405. The third kappa shape index (κ3) is 8.63. The maximum atomic E-state index is 2.39. The van der Waals surface area contributed by atoms with Crippen molar-refractivity contribution in [3.63, 3.8) is 0 Å². The molecule has 1 aliphatic heterocycles. The molecule has 0 aromatic heterocycles. The third-order valence-electron chi connectivity index (χ3n) is 5.77. The van der Waals surface area contributed by atoms with Gasteiger partial charge in [0.25, 0.3) is 0 Å². The zero-order valence-corrected chi connectivity index (χ0v) is 20.2. The van der Waals surface area contributed by atoms with Crippen LogP contribution in [-0.4, -0.2) is 56.0 Å². The molecule has 3 aliphatic carbocycles. The summed E-state index contributed by atoms with van der Waals surface area (Å²) in [5.41, 5.74) is 0. The van der Waals surface area contributed by atoms with Gasteiger partial charge in [-0.05, 0) is 92.1 Å². The van der Waals surface area contributed by atoms with E-state index in [-0.39, 0.29) is 0 Å². The van der Waals surface area contributed by atoms with E-state index in [0.717, 1.165) is 33.5 Å². The summed E-state index contributed by atoms with van der Waals surface area (Å²) in [6.07, 6.45) is 12.0. The molecule has 4 fully saturated rings. The van der Waals surface area contributed by atoms with Gasteiger partial charge in [0.15, 0.2) is 0 Å². The predicted octanol–water partition coefficient (Wildman–Crippen LogP) is 6.78. The molecule has 3 unspecified atom stereocenters. The maximum absolute atomic E-state index is 2.39. The summed E-state index contributed by atoms with van der Waals surface area (Å²) in [5.74, 6) is 13.3. The van der Waals surface area contributed by atoms with Gasteiger partial charge in [0, 0.05) is 33.0 Å². The van der Waals surface area contributed by atoms with Crippen LogP contribution in [0.5, 0.6) is 0 Å². The molecular weight excluding hydrogens is 413 g/mol. The second kappa shape index (κ2) is 11.2. The van der Waals surface area contributed by atoms with Gasteiger partial charge in [0.05, 0.1) is 0 Å². The van der Waals surface area contributed by atoms with Gasteiger partial charge in [0.2, 0.25) is 0 Å². The first-order valence-electron chi connectivity index (χ1n) is 10.9. The van der Waals surface area contributed by atoms with Gasteiger partial charge in [-0.15, -0.1) is 0 Å². The summed E-state index contributed by atoms with van der Waals surface area (Å²) in [7, 11) is 0. The van der Waals surface area contributed by atoms with E-state index in [9.17, 15) is 0 Å². The molecule has 3 saturated carbocycles. The Morgan fingerprint density at radius 2 is 1.19 bits per heavy atom. The molecule has 1 heterocycles. The molecule has 150 valence electrons. The van der Waals surface area contributed by atoms with Crippen molar-refractivity contribution < 1.29 is 0 Å². The predicted molar refractivity (Wildman–Crippen MR) is 131 cm³/mol. The lowest BCUT2D eigenvalue weighted by atomic mass is 10.2. The lowest BCUT2D eigenvalue weighted by Gasteiger charge is -2.20. The van der Waals surface area contributed by atoms with Gasteiger partial charge in [-0.2, -0.15) is 58.8 Å². The highest BCUT2D eigenvalue weighted by Crippen LogP contribution is 2.41. The van der Waals surface area contributed by atoms with E-state index in [0.29, 0.717) is 0 Å². The molecule has 5 heteroatoms. The molecule has 4 rings (SSSR count). The lowest BCUT2D eigenvalue weighted by Crippen LogP contribution is -2.17. The first kappa shape index (κ1) is 21.0. The van der Waals surface area contributed by atoms with Crippen molar-refractivity contribution in [2.75, 3.05) is 40.3 Å². The van der Waals surface area contributed by atoms with Crippen LogP contribution < -0.4 is 0 Å². The number of hydrogen-bond donors (Lipinski definition) is 0. The number of hydrogen-bond acceptors (Lipinski definition) is 5. The molecule has 3 atom stereocenters. The fourth-order valence-corrected chi connectivity index (χ4v) is 11.3. The van der Waals surface area contributed by atoms with Crippen molar-refractivity contribution in [3.05, 3.63) is 0 Å². The summed E-state index contributed by atoms with van der Waals surface area (Å²) >= 11 is 11.5. The summed E-state index contributed by atoms with van der Waals surface area (Å²) in [6, 6.07) is 0. The minimum Gasteiger partial charge on any atom is -0.162 e. The standard InChI is InChI=1S/C21H36S5/c1-2-16(1)10-22-8-7-19-15-25-20(13-23-11-17-3-4-17)9-21(26-19)14-24-12-18-5-6-18/h16-21H,1-15H2. The quantitative estimate of drug-likeness (QED) is 0.284. The smallest absolute Gasteiger partial charge is 0.0152 e. The van der Waals surface area contributed by atoms with E-state index in [1.54, 1.807) is 0 Å². The van der Waals surface area contributed by atoms with E-state index >= 15 is 0 Å². The van der Waals surface area contributed by atoms with Gasteiger partial charge >= 0.3 is 0 Å². The Hall–Kier alpha value is 1.75. The molecule has 0 nitrogen and oxygen atoms in total. The largest absolute Gasteiger partial charge is 0.162 e. The van der Waals surface area contributed by atoms with Crippen molar-refractivity contribution in [1.29, 1.82) is 0 Å². The highest BCUT2D eigenvalue weighted by atomic mass is 32.2. The zero-order valence-electron chi connectivity index (χ0n) is 16.1. The lowest BCUT2D eigenvalue weighted by molar-refractivity contribution is 0.817. The van der Waals surface area contributed by atoms with Gasteiger partial charge in [0.1, 0.15) is 0 Å². The van der Waals surface area contributed by atoms with Crippen LogP contribution >= 0.6 is 58.8 Å². The first-order valence-corrected chi connectivity index (χ1v) is 16.3. The molecule has 26 heavy (non-hydrogen) atoms. The van der Waals surface area contributed by atoms with Crippen molar-refractivity contribution in [2.24, 2.45) is 17.8 Å². The van der Waals surface area contributed by atoms with Crippen LogP contribution in [0.3, 0.4) is 0 Å². The molecule has 4 aliphatic rings. The number of thioether (sulfide) groups is 5. The summed E-state index contributed by atoms with van der Waals surface area (Å²) in [4.78, 5) is 0. The average molecular weight is 449 g/mol.